The van der Waals surface area contributed by atoms with Crippen molar-refractivity contribution in [3.63, 3.8) is 0 Å². The average Bonchev–Trinajstić information content (AvgIpc) is 3.00. The minimum atomic E-state index is -0.201. The van der Waals surface area contributed by atoms with Crippen LogP contribution in [0.3, 0.4) is 0 Å². The predicted molar refractivity (Wildman–Crippen MR) is 91.5 cm³/mol. The number of para-hydroxylation sites is 3. The molecule has 0 radical (unpaired) electrons. The summed E-state index contributed by atoms with van der Waals surface area (Å²) in [6.07, 6.45) is 1.67. The number of aryl methyl sites for hydroxylation is 1. The molecule has 0 saturated carbocycles. The summed E-state index contributed by atoms with van der Waals surface area (Å²) >= 11 is 0. The molecule has 3 aromatic heterocycles. The van der Waals surface area contributed by atoms with Crippen molar-refractivity contribution in [2.75, 3.05) is 0 Å². The Bertz CT molecular complexity index is 1280. The van der Waals surface area contributed by atoms with Crippen LogP contribution >= 0.6 is 0 Å². The molecule has 2 aromatic carbocycles. The highest BCUT2D eigenvalue weighted by Gasteiger charge is 2.21. The van der Waals surface area contributed by atoms with Gasteiger partial charge >= 0.3 is 0 Å². The monoisotopic (exact) mass is 327 g/mol. The van der Waals surface area contributed by atoms with Gasteiger partial charge in [0.25, 0.3) is 0 Å². The van der Waals surface area contributed by atoms with E-state index >= 15 is 0 Å². The van der Waals surface area contributed by atoms with Gasteiger partial charge in [-0.1, -0.05) is 34.8 Å². The van der Waals surface area contributed by atoms with Crippen LogP contribution in [0.25, 0.3) is 33.1 Å². The van der Waals surface area contributed by atoms with E-state index in [1.54, 1.807) is 10.7 Å². The highest BCUT2D eigenvalue weighted by Crippen LogP contribution is 2.22. The van der Waals surface area contributed by atoms with Gasteiger partial charge in [0, 0.05) is 5.39 Å². The summed E-state index contributed by atoms with van der Waals surface area (Å²) in [6, 6.07) is 17.4. The fourth-order valence-corrected chi connectivity index (χ4v) is 3.16. The molecule has 0 aliphatic carbocycles. The Morgan fingerprint density at radius 2 is 1.76 bits per heavy atom. The van der Waals surface area contributed by atoms with Crippen molar-refractivity contribution in [3.05, 3.63) is 66.5 Å². The fraction of sp³-hybridized carbons (Fsp3) is 0.0526. The molecule has 0 aliphatic rings. The van der Waals surface area contributed by atoms with E-state index in [2.05, 4.69) is 15.2 Å². The van der Waals surface area contributed by atoms with Gasteiger partial charge in [0.15, 0.2) is 11.2 Å². The first kappa shape index (κ1) is 13.9. The van der Waals surface area contributed by atoms with E-state index in [-0.39, 0.29) is 5.88 Å². The highest BCUT2D eigenvalue weighted by atomic mass is 16.3. The molecule has 0 spiro atoms. The van der Waals surface area contributed by atoms with Crippen LogP contribution in [0.15, 0.2) is 60.8 Å². The third-order valence-corrected chi connectivity index (χ3v) is 4.35. The number of pyridine rings is 1. The summed E-state index contributed by atoms with van der Waals surface area (Å²) in [6.45, 7) is 1.83. The number of hydrogen-bond donors (Lipinski definition) is 0. The van der Waals surface area contributed by atoms with Crippen LogP contribution in [0, 0.1) is 6.92 Å². The van der Waals surface area contributed by atoms with Crippen molar-refractivity contribution in [1.29, 1.82) is 0 Å². The highest BCUT2D eigenvalue weighted by molar-refractivity contribution is 5.80. The number of rotatable bonds is 1. The smallest absolute Gasteiger partial charge is 0.212 e. The van der Waals surface area contributed by atoms with Crippen molar-refractivity contribution in [2.45, 2.75) is 6.92 Å². The Balaban J connectivity index is 1.85. The summed E-state index contributed by atoms with van der Waals surface area (Å²) in [5.41, 5.74) is 4.25. The van der Waals surface area contributed by atoms with Gasteiger partial charge in [-0.3, -0.25) is 4.98 Å². The van der Waals surface area contributed by atoms with Gasteiger partial charge in [0.05, 0.1) is 17.4 Å². The molecule has 0 amide bonds. The molecule has 5 rings (SSSR count). The zero-order chi connectivity index (χ0) is 17.0. The van der Waals surface area contributed by atoms with E-state index in [0.717, 1.165) is 21.9 Å². The molecule has 6 nitrogen and oxygen atoms in total. The Labute approximate surface area is 142 Å². The van der Waals surface area contributed by atoms with Gasteiger partial charge < -0.3 is 5.11 Å². The van der Waals surface area contributed by atoms with Crippen LogP contribution in [-0.2, 0) is 0 Å². The Hall–Kier alpha value is -3.54. The summed E-state index contributed by atoms with van der Waals surface area (Å²) in [5.74, 6) is -0.201. The van der Waals surface area contributed by atoms with Gasteiger partial charge in [0.1, 0.15) is 16.6 Å². The van der Waals surface area contributed by atoms with Crippen LogP contribution in [0.5, 0.6) is 5.88 Å². The number of nitrogens with zero attached hydrogens (tertiary/aromatic N) is 5. The third kappa shape index (κ3) is 1.97. The molecule has 0 aliphatic heterocycles. The first-order valence-corrected chi connectivity index (χ1v) is 7.95. The van der Waals surface area contributed by atoms with E-state index in [9.17, 15) is 5.11 Å². The maximum Gasteiger partial charge on any atom is 0.212 e. The van der Waals surface area contributed by atoms with Gasteiger partial charge in [-0.25, -0.2) is 4.98 Å². The zero-order valence-electron chi connectivity index (χ0n) is 13.4. The molecule has 3 heterocycles. The largest absolute Gasteiger partial charge is 0.837 e. The van der Waals surface area contributed by atoms with Crippen molar-refractivity contribution in [1.82, 2.24) is 19.9 Å². The van der Waals surface area contributed by atoms with Crippen LogP contribution in [0.4, 0.5) is 0 Å². The topological polar surface area (TPSA) is 70.8 Å². The second-order valence-corrected chi connectivity index (χ2v) is 5.94. The molecule has 5 aromatic rings. The first-order valence-electron chi connectivity index (χ1n) is 7.95. The van der Waals surface area contributed by atoms with E-state index in [1.165, 1.54) is 4.68 Å². The summed E-state index contributed by atoms with van der Waals surface area (Å²) in [4.78, 5) is 8.96. The van der Waals surface area contributed by atoms with Crippen molar-refractivity contribution in [3.8, 4) is 11.6 Å². The lowest BCUT2D eigenvalue weighted by atomic mass is 10.2. The summed E-state index contributed by atoms with van der Waals surface area (Å²) in [5, 5.41) is 18.4. The second kappa shape index (κ2) is 4.98. The molecule has 120 valence electrons. The molecule has 0 atom stereocenters. The number of fused-ring (bicyclic) bond motifs is 4. The van der Waals surface area contributed by atoms with Crippen molar-refractivity contribution in [2.24, 2.45) is 0 Å². The number of hydrogen-bond acceptors (Lipinski definition) is 4. The molecule has 25 heavy (non-hydrogen) atoms. The molecule has 0 fully saturated rings. The van der Waals surface area contributed by atoms with Crippen LogP contribution in [-0.4, -0.2) is 19.9 Å². The number of aromatic nitrogens is 5. The Morgan fingerprint density at radius 1 is 1.00 bits per heavy atom. The Morgan fingerprint density at radius 3 is 2.64 bits per heavy atom. The molecule has 0 bridgehead atoms. The van der Waals surface area contributed by atoms with Gasteiger partial charge in [-0.2, -0.15) is 0 Å². The maximum absolute atomic E-state index is 12.9. The molecular weight excluding hydrogens is 314 g/mol. The zero-order valence-corrected chi connectivity index (χ0v) is 13.4. The van der Waals surface area contributed by atoms with E-state index in [4.69, 9.17) is 0 Å². The SMILES string of the molecule is Cc1nc2ccccc2[n+]2nn(-c3cnc4ccccc4c3)c([O-])c12. The second-order valence-electron chi connectivity index (χ2n) is 5.94. The molecule has 0 N–H and O–H groups in total. The third-order valence-electron chi connectivity index (χ3n) is 4.35. The van der Waals surface area contributed by atoms with Crippen LogP contribution in [0.1, 0.15) is 5.69 Å². The maximum atomic E-state index is 12.9. The minimum absolute atomic E-state index is 0.201. The van der Waals surface area contributed by atoms with E-state index in [1.807, 2.05) is 61.5 Å². The average molecular weight is 327 g/mol. The fourth-order valence-electron chi connectivity index (χ4n) is 3.16. The summed E-state index contributed by atoms with van der Waals surface area (Å²) in [7, 11) is 0. The lowest BCUT2D eigenvalue weighted by Gasteiger charge is -2.03. The normalized spacial score (nSPS) is 11.6. The first-order chi connectivity index (χ1) is 12.2. The van der Waals surface area contributed by atoms with Crippen LogP contribution in [0.2, 0.25) is 0 Å². The molecule has 6 heteroatoms. The molecular formula is C19H13N5O. The van der Waals surface area contributed by atoms with E-state index in [0.29, 0.717) is 16.9 Å². The molecule has 0 unspecified atom stereocenters. The van der Waals surface area contributed by atoms with Gasteiger partial charge in [0.2, 0.25) is 5.52 Å². The lowest BCUT2D eigenvalue weighted by molar-refractivity contribution is -0.556. The van der Waals surface area contributed by atoms with Crippen LogP contribution < -0.4 is 9.62 Å². The van der Waals surface area contributed by atoms with Gasteiger partial charge in [-0.15, -0.1) is 4.68 Å². The van der Waals surface area contributed by atoms with Crippen molar-refractivity contribution < 1.29 is 9.62 Å². The lowest BCUT2D eigenvalue weighted by Crippen LogP contribution is -2.27. The Kier molecular flexibility index (Phi) is 2.76. The summed E-state index contributed by atoms with van der Waals surface area (Å²) < 4.78 is 3.05. The molecule has 0 saturated heterocycles. The van der Waals surface area contributed by atoms with Crippen molar-refractivity contribution >= 4 is 27.5 Å². The van der Waals surface area contributed by atoms with E-state index < -0.39 is 0 Å². The van der Waals surface area contributed by atoms with Gasteiger partial charge in [-0.05, 0) is 31.2 Å². The quantitative estimate of drug-likeness (QED) is 0.442. The minimum Gasteiger partial charge on any atom is -0.837 e. The standard InChI is InChI=1S/C19H13N5O/c1-12-18-19(25)23(14-10-13-6-2-3-7-15(13)20-11-14)22-24(18)17-9-5-4-8-16(17)21-12/h2-11H,1H3. The number of benzene rings is 2. The predicted octanol–water partition coefficient (Wildman–Crippen LogP) is 2.09.